The van der Waals surface area contributed by atoms with Gasteiger partial charge in [-0.1, -0.05) is 50.6 Å². The van der Waals surface area contributed by atoms with Gasteiger partial charge >= 0.3 is 21.9 Å². The summed E-state index contributed by atoms with van der Waals surface area (Å²) in [5.41, 5.74) is -0.437. The summed E-state index contributed by atoms with van der Waals surface area (Å²) >= 11 is 0. The Kier molecular flexibility index (Phi) is 12.9. The smallest absolute Gasteiger partial charge is 0.477 e. The van der Waals surface area contributed by atoms with E-state index < -0.39 is 68.5 Å². The molecule has 0 aliphatic carbocycles. The minimum Gasteiger partial charge on any atom is -0.505 e. The predicted molar refractivity (Wildman–Crippen MR) is 194 cm³/mol. The zero-order valence-electron chi connectivity index (χ0n) is 30.8. The lowest BCUT2D eigenvalue weighted by Gasteiger charge is -2.51. The molecule has 288 valence electrons. The molecule has 2 saturated heterocycles. The second kappa shape index (κ2) is 16.0. The highest BCUT2D eigenvalue weighted by Crippen LogP contribution is 2.61. The Hall–Kier alpha value is -2.65. The molecule has 2 aliphatic rings. The van der Waals surface area contributed by atoms with E-state index in [1.807, 2.05) is 71.9 Å². The van der Waals surface area contributed by atoms with Crippen molar-refractivity contribution in [2.24, 2.45) is 5.92 Å². The van der Waals surface area contributed by atoms with Crippen LogP contribution in [0.3, 0.4) is 0 Å². The Bertz CT molecular complexity index is 1640. The van der Waals surface area contributed by atoms with Crippen LogP contribution in [0.5, 0.6) is 0 Å². The van der Waals surface area contributed by atoms with E-state index in [-0.39, 0.29) is 43.1 Å². The van der Waals surface area contributed by atoms with Crippen molar-refractivity contribution < 1.29 is 56.8 Å². The summed E-state index contributed by atoms with van der Waals surface area (Å²) in [5, 5.41) is 0.497. The first-order valence-electron chi connectivity index (χ1n) is 17.6. The maximum Gasteiger partial charge on any atom is 0.477 e. The van der Waals surface area contributed by atoms with Gasteiger partial charge in [-0.15, -0.1) is 0 Å². The highest BCUT2D eigenvalue weighted by atomic mass is 31.2. The molecule has 52 heavy (non-hydrogen) atoms. The number of carbonyl (C=O) groups is 3. The second-order valence-corrected chi connectivity index (χ2v) is 20.1. The van der Waals surface area contributed by atoms with E-state index in [4.69, 9.17) is 9.31 Å². The van der Waals surface area contributed by atoms with Gasteiger partial charge in [-0.2, -0.15) is 0 Å². The first-order valence-corrected chi connectivity index (χ1v) is 21.0. The average Bonchev–Trinajstić information content (AvgIpc) is 3.36. The summed E-state index contributed by atoms with van der Waals surface area (Å²) in [6, 6.07) is 8.47. The van der Waals surface area contributed by atoms with E-state index in [1.54, 1.807) is 0 Å². The number of amides is 1. The van der Waals surface area contributed by atoms with Crippen LogP contribution in [0.1, 0.15) is 89.7 Å². The van der Waals surface area contributed by atoms with Gasteiger partial charge in [0, 0.05) is 31.8 Å². The zero-order chi connectivity index (χ0) is 38.8. The Balaban J connectivity index is 1.65. The predicted octanol–water partition coefficient (Wildman–Crippen LogP) is 3.99. The van der Waals surface area contributed by atoms with Crippen LogP contribution in [0.15, 0.2) is 48.9 Å². The Labute approximate surface area is 305 Å². The van der Waals surface area contributed by atoms with E-state index in [1.165, 1.54) is 18.6 Å². The van der Waals surface area contributed by atoms with Gasteiger partial charge in [0.15, 0.2) is 11.2 Å². The van der Waals surface area contributed by atoms with Crippen molar-refractivity contribution >= 4 is 39.4 Å². The normalized spacial score (nSPS) is 23.7. The number of nitrogens with zero attached hydrogens (tertiary/aromatic N) is 3. The lowest BCUT2D eigenvalue weighted by Crippen LogP contribution is -2.66. The largest absolute Gasteiger partial charge is 0.505 e. The van der Waals surface area contributed by atoms with Crippen molar-refractivity contribution in [3.63, 3.8) is 0 Å². The molecule has 3 heterocycles. The summed E-state index contributed by atoms with van der Waals surface area (Å²) in [6.07, 6.45) is 4.10. The molecule has 5 N–H and O–H groups in total. The molecule has 0 spiro atoms. The molecule has 0 saturated carbocycles. The molecule has 2 atom stereocenters. The van der Waals surface area contributed by atoms with Crippen LogP contribution in [-0.2, 0) is 34.4 Å². The molecule has 2 aliphatic heterocycles. The zero-order valence-corrected chi connectivity index (χ0v) is 32.5. The van der Waals surface area contributed by atoms with Gasteiger partial charge in [0.05, 0.1) is 36.5 Å². The van der Waals surface area contributed by atoms with E-state index in [2.05, 4.69) is 15.3 Å². The van der Waals surface area contributed by atoms with Crippen LogP contribution in [0.4, 0.5) is 0 Å². The molecule has 4 rings (SSSR count). The van der Waals surface area contributed by atoms with E-state index in [9.17, 15) is 43.1 Å². The summed E-state index contributed by atoms with van der Waals surface area (Å²) in [6.45, 7) is 11.0. The third-order valence-corrected chi connectivity index (χ3v) is 13.7. The van der Waals surface area contributed by atoms with Gasteiger partial charge in [0.1, 0.15) is 11.5 Å². The molecule has 15 nitrogen and oxygen atoms in total. The maximum atomic E-state index is 14.5. The summed E-state index contributed by atoms with van der Waals surface area (Å²) in [4.78, 5) is 87.0. The second-order valence-electron chi connectivity index (χ2n) is 16.1. The SMILES string of the molecule is CC(C)C[C@H](CC(=O)[C@H](Cc1ccccc1)NC(=O)c1cnccn1)[B-]12OC(C)(C)C[N+]1(CCCC(=O)CC(P(=O)(O)O)P(=O)(O)O)CC(C)(C)O2. The number of hydrogen-bond acceptors (Lipinski definition) is 9. The van der Waals surface area contributed by atoms with Crippen molar-refractivity contribution in [3.05, 3.63) is 60.2 Å². The molecular formula is C34H53BN4O11P2. The van der Waals surface area contributed by atoms with Gasteiger partial charge in [0.25, 0.3) is 5.91 Å². The van der Waals surface area contributed by atoms with Crippen LogP contribution in [0, 0.1) is 5.92 Å². The van der Waals surface area contributed by atoms with Crippen molar-refractivity contribution in [1.82, 2.24) is 15.3 Å². The third-order valence-electron chi connectivity index (χ3n) is 9.98. The van der Waals surface area contributed by atoms with Gasteiger partial charge in [-0.25, -0.2) is 4.98 Å². The van der Waals surface area contributed by atoms with Gasteiger partial charge in [0.2, 0.25) is 0 Å². The molecule has 2 aromatic rings. The third kappa shape index (κ3) is 10.3. The van der Waals surface area contributed by atoms with Crippen LogP contribution in [0.25, 0.3) is 0 Å². The number of quaternary nitrogens is 1. The van der Waals surface area contributed by atoms with Crippen LogP contribution < -0.4 is 5.32 Å². The van der Waals surface area contributed by atoms with Crippen molar-refractivity contribution in [3.8, 4) is 0 Å². The lowest BCUT2D eigenvalue weighted by atomic mass is 9.51. The van der Waals surface area contributed by atoms with Gasteiger partial charge in [-0.3, -0.25) is 28.5 Å². The molecule has 2 fully saturated rings. The number of hydrogen-bond donors (Lipinski definition) is 5. The molecule has 0 radical (unpaired) electrons. The molecule has 1 amide bonds. The molecule has 0 unspecified atom stereocenters. The summed E-state index contributed by atoms with van der Waals surface area (Å²) in [7, 11) is -10.5. The number of nitrogens with one attached hydrogen (secondary N) is 1. The Morgan fingerprint density at radius 1 is 0.942 bits per heavy atom. The fourth-order valence-corrected chi connectivity index (χ4v) is 11.0. The number of carbonyl (C=O) groups excluding carboxylic acids is 3. The fourth-order valence-electron chi connectivity index (χ4n) is 8.53. The summed E-state index contributed by atoms with van der Waals surface area (Å²) in [5.74, 6) is -1.73. The molecule has 18 heteroatoms. The quantitative estimate of drug-likeness (QED) is 0.107. The van der Waals surface area contributed by atoms with Crippen molar-refractivity contribution in [1.29, 1.82) is 0 Å². The Morgan fingerprint density at radius 2 is 1.54 bits per heavy atom. The first kappa shape index (κ1) is 42.1. The van der Waals surface area contributed by atoms with Crippen molar-refractivity contribution in [2.45, 2.75) is 109 Å². The lowest BCUT2D eigenvalue weighted by molar-refractivity contribution is -0.828. The first-order chi connectivity index (χ1) is 24.0. The monoisotopic (exact) mass is 766 g/mol. The molecular weight excluding hydrogens is 713 g/mol. The highest BCUT2D eigenvalue weighted by molar-refractivity contribution is 7.70. The number of ketones is 2. The number of benzene rings is 1. The van der Waals surface area contributed by atoms with Gasteiger partial charge < -0.3 is 38.6 Å². The van der Waals surface area contributed by atoms with Gasteiger partial charge in [-0.05, 0) is 64.3 Å². The highest BCUT2D eigenvalue weighted by Gasteiger charge is 2.70. The van der Waals surface area contributed by atoms with E-state index >= 15 is 0 Å². The number of rotatable bonds is 18. The number of fused-ring (bicyclic) bond motifs is 1. The minimum atomic E-state index is -5.26. The van der Waals surface area contributed by atoms with E-state index in [0.717, 1.165) is 5.56 Å². The Morgan fingerprint density at radius 3 is 2.06 bits per heavy atom. The van der Waals surface area contributed by atoms with Crippen LogP contribution in [0.2, 0.25) is 5.82 Å². The average molecular weight is 767 g/mol. The van der Waals surface area contributed by atoms with Crippen molar-refractivity contribution in [2.75, 3.05) is 19.6 Å². The number of aromatic nitrogens is 2. The van der Waals surface area contributed by atoms with Crippen LogP contribution in [-0.4, -0.2) is 100 Å². The molecule has 0 bridgehead atoms. The molecule has 1 aromatic carbocycles. The van der Waals surface area contributed by atoms with Crippen LogP contribution >= 0.6 is 15.2 Å². The van der Waals surface area contributed by atoms with E-state index in [0.29, 0.717) is 30.4 Å². The summed E-state index contributed by atoms with van der Waals surface area (Å²) < 4.78 is 37.9. The fraction of sp³-hybridized carbons (Fsp3) is 0.618. The topological polar surface area (TPSA) is 223 Å². The minimum absolute atomic E-state index is 0.0216. The number of Topliss-reactive ketones (excluding diaryl/α,β-unsaturated/α-hetero) is 2. The standard InChI is InChI=1S/C34H53BN4O11P2/c1-24(2)17-26(19-30(41)28(18-25-11-8-7-9-12-25)38-32(42)29-21-36-14-15-37-29)35-39(22-33(3,4)49-35,23-34(5,6)50-35)16-10-13-27(40)20-31(51(43,44)45)52(46,47)48/h7-9,11-12,14-15,21,24,26,28,31H,10,13,16-20,22-23H2,1-6H3,(H,38,42)(H2,43,44,45)(H2,46,47,48)/t26-,28+,35?,39?/m1/s1. The maximum absolute atomic E-state index is 14.5. The molecule has 1 aromatic heterocycles.